The van der Waals surface area contributed by atoms with E-state index in [1.807, 2.05) is 19.2 Å². The van der Waals surface area contributed by atoms with Crippen LogP contribution in [0.4, 0.5) is 11.4 Å². The lowest BCUT2D eigenvalue weighted by Gasteiger charge is -2.33. The second-order valence-electron chi connectivity index (χ2n) is 9.59. The lowest BCUT2D eigenvalue weighted by molar-refractivity contribution is -0.109. The van der Waals surface area contributed by atoms with E-state index in [1.165, 1.54) is 30.2 Å². The predicted molar refractivity (Wildman–Crippen MR) is 152 cm³/mol. The summed E-state index contributed by atoms with van der Waals surface area (Å²) in [5.74, 6) is 0. The summed E-state index contributed by atoms with van der Waals surface area (Å²) in [5.41, 5.74) is 14.5. The predicted octanol–water partition coefficient (Wildman–Crippen LogP) is 3.20. The van der Waals surface area contributed by atoms with E-state index >= 15 is 0 Å². The summed E-state index contributed by atoms with van der Waals surface area (Å²) < 4.78 is 0. The van der Waals surface area contributed by atoms with E-state index in [0.717, 1.165) is 85.3 Å². The molecule has 1 fully saturated rings. The smallest absolute Gasteiger partial charge is 0.133 e. The van der Waals surface area contributed by atoms with E-state index in [-0.39, 0.29) is 6.61 Å². The Morgan fingerprint density at radius 3 is 2.32 bits per heavy atom. The number of fused-ring (bicyclic) bond motifs is 3. The van der Waals surface area contributed by atoms with Gasteiger partial charge in [-0.15, -0.1) is 0 Å². The Kier molecular flexibility index (Phi) is 9.22. The van der Waals surface area contributed by atoms with Gasteiger partial charge in [0.2, 0.25) is 0 Å². The fourth-order valence-electron chi connectivity index (χ4n) is 5.30. The molecule has 0 bridgehead atoms. The van der Waals surface area contributed by atoms with Gasteiger partial charge in [0.05, 0.1) is 24.4 Å². The van der Waals surface area contributed by atoms with E-state index in [1.54, 1.807) is 0 Å². The van der Waals surface area contributed by atoms with Crippen molar-refractivity contribution < 1.29 is 9.90 Å². The Labute approximate surface area is 219 Å². The van der Waals surface area contributed by atoms with Crippen molar-refractivity contribution in [3.8, 4) is 11.3 Å². The number of carbonyl (C=O) groups excluding carboxylic acids is 1. The van der Waals surface area contributed by atoms with Gasteiger partial charge in [0.25, 0.3) is 0 Å². The molecule has 0 saturated carbocycles. The van der Waals surface area contributed by atoms with Crippen molar-refractivity contribution in [2.75, 3.05) is 64.0 Å². The molecule has 196 valence electrons. The molecular formula is C29H38N6O2. The number of benzene rings is 2. The molecule has 1 aliphatic heterocycles. The number of aryl methyl sites for hydroxylation is 1. The maximum Gasteiger partial charge on any atom is 0.133 e. The minimum atomic E-state index is 0.230. The summed E-state index contributed by atoms with van der Waals surface area (Å²) in [6, 6.07) is 12.3. The molecule has 3 aromatic rings. The zero-order valence-corrected chi connectivity index (χ0v) is 21.7. The quantitative estimate of drug-likeness (QED) is 0.223. The fraction of sp³-hybridized carbons (Fsp3) is 0.414. The van der Waals surface area contributed by atoms with E-state index in [2.05, 4.69) is 39.4 Å². The Balaban J connectivity index is 0.000000225. The maximum absolute atomic E-state index is 10.2. The number of rotatable bonds is 7. The average Bonchev–Trinajstić information content (AvgIpc) is 2.94. The molecule has 0 atom stereocenters. The van der Waals surface area contributed by atoms with Gasteiger partial charge in [0.15, 0.2) is 0 Å². The largest absolute Gasteiger partial charge is 0.398 e. The number of aromatic nitrogens is 1. The number of nitrogen functional groups attached to an aromatic ring is 1. The zero-order valence-electron chi connectivity index (χ0n) is 21.7. The molecule has 1 aromatic heterocycles. The number of hydrogen-bond donors (Lipinski definition) is 4. The molecule has 0 unspecified atom stereocenters. The fourth-order valence-corrected chi connectivity index (χ4v) is 5.30. The molecule has 37 heavy (non-hydrogen) atoms. The van der Waals surface area contributed by atoms with Crippen molar-refractivity contribution in [2.45, 2.75) is 25.7 Å². The number of nitrogens with two attached hydrogens (primary N) is 1. The third kappa shape index (κ3) is 6.15. The summed E-state index contributed by atoms with van der Waals surface area (Å²) in [6.07, 6.45) is 6.74. The van der Waals surface area contributed by atoms with Crippen LogP contribution in [0.5, 0.6) is 0 Å². The number of aldehydes is 1. The van der Waals surface area contributed by atoms with Crippen LogP contribution < -0.4 is 11.1 Å². The van der Waals surface area contributed by atoms with Crippen LogP contribution in [-0.4, -0.2) is 85.3 Å². The molecule has 0 radical (unpaired) electrons. The topological polar surface area (TPSA) is 119 Å². The molecule has 2 aliphatic rings. The Morgan fingerprint density at radius 2 is 1.70 bits per heavy atom. The van der Waals surface area contributed by atoms with Crippen LogP contribution in [0.25, 0.3) is 22.2 Å². The minimum absolute atomic E-state index is 0.230. The molecule has 8 nitrogen and oxygen atoms in total. The Morgan fingerprint density at radius 1 is 1.03 bits per heavy atom. The molecule has 5 rings (SSSR count). The first-order valence-corrected chi connectivity index (χ1v) is 13.1. The van der Waals surface area contributed by atoms with Gasteiger partial charge < -0.3 is 26.4 Å². The number of β-amino-alcohol motifs (C(OH)–C–C–N with tert-alkyl or cyclic N) is 1. The lowest BCUT2D eigenvalue weighted by Crippen LogP contribution is -2.47. The number of pyridine rings is 1. The standard InChI is InChI=1S/C21H22N4.C8H16N2O2/c1-24-14-8-6-13(7-9-14)21-16-5-3-2-4-15(16)20-17(12-22)18(23)10-11-19(20)25-21;11-7-5-9-1-2-10(4-3-9)6-8-12/h6-12,22,24H,2-5,23H2,1H3;7,12H,1-6,8H2. The van der Waals surface area contributed by atoms with Crippen LogP contribution in [0, 0.1) is 5.41 Å². The van der Waals surface area contributed by atoms with Gasteiger partial charge in [-0.1, -0.05) is 12.1 Å². The van der Waals surface area contributed by atoms with Crippen molar-refractivity contribution in [2.24, 2.45) is 0 Å². The van der Waals surface area contributed by atoms with Crippen molar-refractivity contribution in [1.29, 1.82) is 5.41 Å². The van der Waals surface area contributed by atoms with Crippen LogP contribution in [0.1, 0.15) is 29.5 Å². The van der Waals surface area contributed by atoms with Crippen LogP contribution >= 0.6 is 0 Å². The van der Waals surface area contributed by atoms with Gasteiger partial charge in [-0.2, -0.15) is 0 Å². The number of nitrogens with one attached hydrogen (secondary N) is 2. The van der Waals surface area contributed by atoms with Gasteiger partial charge >= 0.3 is 0 Å². The zero-order chi connectivity index (χ0) is 26.2. The molecule has 0 amide bonds. The summed E-state index contributed by atoms with van der Waals surface area (Å²) in [7, 11) is 1.93. The first-order valence-electron chi connectivity index (χ1n) is 13.1. The average molecular weight is 503 g/mol. The summed E-state index contributed by atoms with van der Waals surface area (Å²) in [4.78, 5) is 19.5. The van der Waals surface area contributed by atoms with Crippen LogP contribution in [0.3, 0.4) is 0 Å². The Bertz CT molecular complexity index is 1220. The third-order valence-corrected chi connectivity index (χ3v) is 7.35. The molecule has 1 aliphatic carbocycles. The summed E-state index contributed by atoms with van der Waals surface area (Å²) in [5, 5.41) is 20.7. The number of anilines is 2. The summed E-state index contributed by atoms with van der Waals surface area (Å²) >= 11 is 0. The van der Waals surface area contributed by atoms with Crippen LogP contribution in [-0.2, 0) is 17.6 Å². The molecule has 8 heteroatoms. The number of nitrogens with zero attached hydrogens (tertiary/aromatic N) is 3. The number of aliphatic hydroxyl groups is 1. The van der Waals surface area contributed by atoms with Gasteiger partial charge in [-0.3, -0.25) is 9.80 Å². The van der Waals surface area contributed by atoms with Crippen LogP contribution in [0.15, 0.2) is 36.4 Å². The highest BCUT2D eigenvalue weighted by Gasteiger charge is 2.21. The third-order valence-electron chi connectivity index (χ3n) is 7.35. The van der Waals surface area contributed by atoms with Gasteiger partial charge in [0.1, 0.15) is 6.29 Å². The highest BCUT2D eigenvalue weighted by Crippen LogP contribution is 2.37. The highest BCUT2D eigenvalue weighted by atomic mass is 16.3. The van der Waals surface area contributed by atoms with Crippen molar-refractivity contribution >= 4 is 34.8 Å². The molecule has 2 heterocycles. The second-order valence-corrected chi connectivity index (χ2v) is 9.59. The monoisotopic (exact) mass is 502 g/mol. The van der Waals surface area contributed by atoms with Gasteiger partial charge in [0, 0.05) is 73.9 Å². The lowest BCUT2D eigenvalue weighted by atomic mass is 9.85. The van der Waals surface area contributed by atoms with Gasteiger partial charge in [-0.05, 0) is 61.1 Å². The summed E-state index contributed by atoms with van der Waals surface area (Å²) in [6.45, 7) is 5.36. The van der Waals surface area contributed by atoms with Crippen molar-refractivity contribution in [1.82, 2.24) is 14.8 Å². The van der Waals surface area contributed by atoms with Crippen molar-refractivity contribution in [3.05, 3.63) is 53.1 Å². The molecule has 5 N–H and O–H groups in total. The SMILES string of the molecule is CNc1ccc(-c2nc3ccc(N)c(C=N)c3c3c2CCCC3)cc1.O=CCN1CCN(CCO)CC1. The molecule has 2 aromatic carbocycles. The van der Waals surface area contributed by atoms with E-state index in [0.29, 0.717) is 12.2 Å². The van der Waals surface area contributed by atoms with Crippen molar-refractivity contribution in [3.63, 3.8) is 0 Å². The number of piperazine rings is 1. The van der Waals surface area contributed by atoms with Gasteiger partial charge in [-0.25, -0.2) is 4.98 Å². The van der Waals surface area contributed by atoms with E-state index in [9.17, 15) is 4.79 Å². The molecule has 1 saturated heterocycles. The first kappa shape index (κ1) is 26.7. The van der Waals surface area contributed by atoms with E-state index < -0.39 is 0 Å². The number of carbonyl (C=O) groups is 1. The number of hydrogen-bond acceptors (Lipinski definition) is 8. The van der Waals surface area contributed by atoms with Crippen LogP contribution in [0.2, 0.25) is 0 Å². The Hall–Kier alpha value is -3.33. The molecular weight excluding hydrogens is 464 g/mol. The molecule has 0 spiro atoms. The van der Waals surface area contributed by atoms with E-state index in [4.69, 9.17) is 21.2 Å². The second kappa shape index (κ2) is 12.8. The minimum Gasteiger partial charge on any atom is -0.398 e. The maximum atomic E-state index is 10.2. The number of aliphatic hydroxyl groups excluding tert-OH is 1. The first-order chi connectivity index (χ1) is 18.1. The highest BCUT2D eigenvalue weighted by molar-refractivity contribution is 6.05. The normalized spacial score (nSPS) is 15.9.